The lowest BCUT2D eigenvalue weighted by Gasteiger charge is -2.02. The number of carbonyl (C=O) groups excluding carboxylic acids is 1. The predicted molar refractivity (Wildman–Crippen MR) is 68.4 cm³/mol. The first-order valence-corrected chi connectivity index (χ1v) is 5.81. The van der Waals surface area contributed by atoms with E-state index in [2.05, 4.69) is 12.0 Å². The van der Waals surface area contributed by atoms with Gasteiger partial charge in [-0.15, -0.1) is 0 Å². The van der Waals surface area contributed by atoms with Crippen molar-refractivity contribution in [2.75, 3.05) is 0 Å². The van der Waals surface area contributed by atoms with Crippen LogP contribution < -0.4 is 0 Å². The maximum absolute atomic E-state index is 10.9. The summed E-state index contributed by atoms with van der Waals surface area (Å²) in [7, 11) is 1.89. The monoisotopic (exact) mass is 248 g/mol. The molecule has 0 bridgehead atoms. The Hall–Kier alpha value is -1.61. The minimum Gasteiger partial charge on any atom is -0.298 e. The fraction of sp³-hybridized carbons (Fsp3) is 0.231. The van der Waals surface area contributed by atoms with Crippen molar-refractivity contribution in [1.82, 2.24) is 9.78 Å². The summed E-state index contributed by atoms with van der Waals surface area (Å²) in [4.78, 5) is 10.9. The second-order valence-corrected chi connectivity index (χ2v) is 4.28. The van der Waals surface area contributed by atoms with Crippen LogP contribution in [0.3, 0.4) is 0 Å². The molecule has 0 atom stereocenters. The van der Waals surface area contributed by atoms with Gasteiger partial charge in [0, 0.05) is 24.4 Å². The fourth-order valence-electron chi connectivity index (χ4n) is 1.84. The second kappa shape index (κ2) is 4.72. The molecule has 0 aliphatic heterocycles. The minimum atomic E-state index is 0.477. The van der Waals surface area contributed by atoms with Crippen molar-refractivity contribution < 1.29 is 4.79 Å². The Kier molecular flexibility index (Phi) is 3.29. The molecule has 2 aromatic rings. The Bertz CT molecular complexity index is 561. The smallest absolute Gasteiger partial charge is 0.151 e. The molecule has 0 N–H and O–H groups in total. The van der Waals surface area contributed by atoms with Crippen LogP contribution in [0.4, 0.5) is 0 Å². The number of aromatic nitrogens is 2. The molecule has 17 heavy (non-hydrogen) atoms. The maximum Gasteiger partial charge on any atom is 0.151 e. The van der Waals surface area contributed by atoms with Gasteiger partial charge in [-0.3, -0.25) is 9.48 Å². The van der Waals surface area contributed by atoms with E-state index in [0.29, 0.717) is 10.6 Å². The van der Waals surface area contributed by atoms with Crippen LogP contribution in [0.15, 0.2) is 24.4 Å². The molecule has 3 nitrogen and oxygen atoms in total. The maximum atomic E-state index is 10.9. The van der Waals surface area contributed by atoms with Crippen LogP contribution in [0.1, 0.15) is 23.0 Å². The van der Waals surface area contributed by atoms with Crippen molar-refractivity contribution in [1.29, 1.82) is 0 Å². The average Bonchev–Trinajstić information content (AvgIpc) is 2.71. The van der Waals surface area contributed by atoms with Gasteiger partial charge in [0.2, 0.25) is 0 Å². The van der Waals surface area contributed by atoms with Crippen LogP contribution in [0.25, 0.3) is 11.1 Å². The molecule has 88 valence electrons. The molecular formula is C13H13ClN2O. The highest BCUT2D eigenvalue weighted by molar-refractivity contribution is 6.33. The third kappa shape index (κ3) is 2.24. The average molecular weight is 249 g/mol. The van der Waals surface area contributed by atoms with E-state index in [1.54, 1.807) is 16.8 Å². The first kappa shape index (κ1) is 11.9. The quantitative estimate of drug-likeness (QED) is 0.783. The van der Waals surface area contributed by atoms with Gasteiger partial charge in [-0.25, -0.2) is 0 Å². The second-order valence-electron chi connectivity index (χ2n) is 3.87. The van der Waals surface area contributed by atoms with Gasteiger partial charge < -0.3 is 0 Å². The van der Waals surface area contributed by atoms with Crippen LogP contribution in [-0.4, -0.2) is 16.1 Å². The van der Waals surface area contributed by atoms with Crippen LogP contribution in [0.5, 0.6) is 0 Å². The lowest BCUT2D eigenvalue weighted by atomic mass is 10.0. The SMILES string of the molecule is CCc1nn(C)cc1-c1ccc(Cl)c(C=O)c1. The minimum absolute atomic E-state index is 0.477. The van der Waals surface area contributed by atoms with Crippen molar-refractivity contribution in [2.24, 2.45) is 7.05 Å². The van der Waals surface area contributed by atoms with E-state index in [9.17, 15) is 4.79 Å². The number of benzene rings is 1. The van der Waals surface area contributed by atoms with E-state index < -0.39 is 0 Å². The summed E-state index contributed by atoms with van der Waals surface area (Å²) in [5.74, 6) is 0. The predicted octanol–water partition coefficient (Wildman–Crippen LogP) is 3.12. The van der Waals surface area contributed by atoms with E-state index in [4.69, 9.17) is 11.6 Å². The molecule has 0 spiro atoms. The molecule has 0 aliphatic rings. The summed E-state index contributed by atoms with van der Waals surface area (Å²) < 4.78 is 1.78. The number of carbonyl (C=O) groups is 1. The van der Waals surface area contributed by atoms with Crippen molar-refractivity contribution in [3.05, 3.63) is 40.7 Å². The van der Waals surface area contributed by atoms with E-state index in [1.165, 1.54) is 0 Å². The highest BCUT2D eigenvalue weighted by atomic mass is 35.5. The van der Waals surface area contributed by atoms with Gasteiger partial charge >= 0.3 is 0 Å². The van der Waals surface area contributed by atoms with Gasteiger partial charge in [0.15, 0.2) is 6.29 Å². The molecule has 4 heteroatoms. The Morgan fingerprint density at radius 2 is 2.24 bits per heavy atom. The van der Waals surface area contributed by atoms with Crippen LogP contribution in [0.2, 0.25) is 5.02 Å². The van der Waals surface area contributed by atoms with Crippen LogP contribution in [0, 0.1) is 0 Å². The van der Waals surface area contributed by atoms with Gasteiger partial charge in [0.25, 0.3) is 0 Å². The summed E-state index contributed by atoms with van der Waals surface area (Å²) >= 11 is 5.91. The Balaban J connectivity index is 2.55. The molecule has 2 rings (SSSR count). The molecule has 0 saturated heterocycles. The number of nitrogens with zero attached hydrogens (tertiary/aromatic N) is 2. The zero-order chi connectivity index (χ0) is 12.4. The van der Waals surface area contributed by atoms with Crippen molar-refractivity contribution in [2.45, 2.75) is 13.3 Å². The zero-order valence-corrected chi connectivity index (χ0v) is 10.5. The summed E-state index contributed by atoms with van der Waals surface area (Å²) in [6.45, 7) is 2.06. The lowest BCUT2D eigenvalue weighted by molar-refractivity contribution is 0.112. The third-order valence-corrected chi connectivity index (χ3v) is 3.02. The number of hydrogen-bond donors (Lipinski definition) is 0. The first-order valence-electron chi connectivity index (χ1n) is 5.43. The standard InChI is InChI=1S/C13H13ClN2O/c1-3-13-11(7-16(2)15-13)9-4-5-12(14)10(6-9)8-17/h4-8H,3H2,1-2H3. The molecule has 0 unspecified atom stereocenters. The largest absolute Gasteiger partial charge is 0.298 e. The normalized spacial score (nSPS) is 10.5. The summed E-state index contributed by atoms with van der Waals surface area (Å²) in [5.41, 5.74) is 3.55. The third-order valence-electron chi connectivity index (χ3n) is 2.67. The molecule has 0 saturated carbocycles. The number of aldehydes is 1. The fourth-order valence-corrected chi connectivity index (χ4v) is 2.00. The van der Waals surface area contributed by atoms with Gasteiger partial charge in [0.05, 0.1) is 10.7 Å². The number of aryl methyl sites for hydroxylation is 2. The summed E-state index contributed by atoms with van der Waals surface area (Å²) in [6.07, 6.45) is 3.58. The molecule has 0 aliphatic carbocycles. The highest BCUT2D eigenvalue weighted by Gasteiger charge is 2.10. The molecule has 1 aromatic heterocycles. The molecular weight excluding hydrogens is 236 g/mol. The van der Waals surface area contributed by atoms with Crippen LogP contribution in [-0.2, 0) is 13.5 Å². The van der Waals surface area contributed by atoms with Gasteiger partial charge in [-0.05, 0) is 24.1 Å². The first-order chi connectivity index (χ1) is 8.15. The molecule has 1 heterocycles. The lowest BCUT2D eigenvalue weighted by Crippen LogP contribution is -1.89. The van der Waals surface area contributed by atoms with Crippen molar-refractivity contribution in [3.8, 4) is 11.1 Å². The number of rotatable bonds is 3. The van der Waals surface area contributed by atoms with Gasteiger partial charge in [-0.1, -0.05) is 24.6 Å². The number of hydrogen-bond acceptors (Lipinski definition) is 2. The Labute approximate surface area is 105 Å². The van der Waals surface area contributed by atoms with E-state index in [0.717, 1.165) is 29.5 Å². The van der Waals surface area contributed by atoms with E-state index in [-0.39, 0.29) is 0 Å². The molecule has 1 aromatic carbocycles. The molecule has 0 radical (unpaired) electrons. The molecule has 0 amide bonds. The van der Waals surface area contributed by atoms with E-state index in [1.807, 2.05) is 19.3 Å². The van der Waals surface area contributed by atoms with E-state index >= 15 is 0 Å². The van der Waals surface area contributed by atoms with Gasteiger partial charge in [-0.2, -0.15) is 5.10 Å². The zero-order valence-electron chi connectivity index (χ0n) is 9.77. The summed E-state index contributed by atoms with van der Waals surface area (Å²) in [5, 5.41) is 4.86. The Morgan fingerprint density at radius 3 is 2.88 bits per heavy atom. The Morgan fingerprint density at radius 1 is 1.47 bits per heavy atom. The molecule has 0 fully saturated rings. The van der Waals surface area contributed by atoms with Gasteiger partial charge in [0.1, 0.15) is 0 Å². The van der Waals surface area contributed by atoms with Crippen molar-refractivity contribution in [3.63, 3.8) is 0 Å². The summed E-state index contributed by atoms with van der Waals surface area (Å²) in [6, 6.07) is 5.45. The van der Waals surface area contributed by atoms with Crippen molar-refractivity contribution >= 4 is 17.9 Å². The highest BCUT2D eigenvalue weighted by Crippen LogP contribution is 2.26. The van der Waals surface area contributed by atoms with Crippen LogP contribution >= 0.6 is 11.6 Å². The topological polar surface area (TPSA) is 34.9 Å². The number of halogens is 1.